The monoisotopic (exact) mass is 130 g/mol. The minimum absolute atomic E-state index is 0.905. The van der Waals surface area contributed by atoms with Crippen molar-refractivity contribution in [2.45, 2.75) is 31.4 Å². The summed E-state index contributed by atoms with van der Waals surface area (Å²) in [5.74, 6) is 1.11. The number of thioether (sulfide) groups is 1. The van der Waals surface area contributed by atoms with Gasteiger partial charge in [0.25, 0.3) is 0 Å². The van der Waals surface area contributed by atoms with E-state index >= 15 is 0 Å². The maximum Gasteiger partial charge on any atom is 0.00185 e. The quantitative estimate of drug-likeness (QED) is 0.565. The van der Waals surface area contributed by atoms with Gasteiger partial charge in [-0.15, -0.1) is 0 Å². The molecule has 1 aliphatic carbocycles. The maximum absolute atomic E-state index is 2.32. The molecular weight excluding hydrogens is 116 g/mol. The Morgan fingerprint density at radius 3 is 2.62 bits per heavy atom. The number of hydrogen-bond acceptors (Lipinski definition) is 1. The molecule has 0 nitrogen and oxygen atoms in total. The number of hydrogen-bond donors (Lipinski definition) is 0. The molecule has 1 atom stereocenters. The standard InChI is InChI=1S/C7H14S/c1-6(8-2)5-7-3-4-7/h6-7H,3-5H2,1-2H3. The lowest BCUT2D eigenvalue weighted by molar-refractivity contribution is 0.722. The Bertz CT molecular complexity index is 66.8. The molecule has 48 valence electrons. The molecule has 0 bridgehead atoms. The van der Waals surface area contributed by atoms with Crippen LogP contribution in [0.2, 0.25) is 0 Å². The van der Waals surface area contributed by atoms with Crippen molar-refractivity contribution in [2.24, 2.45) is 5.92 Å². The Morgan fingerprint density at radius 2 is 2.25 bits per heavy atom. The minimum atomic E-state index is 0.905. The van der Waals surface area contributed by atoms with Crippen molar-refractivity contribution in [1.29, 1.82) is 0 Å². The summed E-state index contributed by atoms with van der Waals surface area (Å²) < 4.78 is 0. The van der Waals surface area contributed by atoms with Crippen molar-refractivity contribution >= 4 is 11.8 Å². The predicted octanol–water partition coefficient (Wildman–Crippen LogP) is 2.54. The zero-order valence-corrected chi connectivity index (χ0v) is 6.50. The molecule has 0 spiro atoms. The molecule has 0 amide bonds. The first kappa shape index (κ1) is 6.47. The van der Waals surface area contributed by atoms with Crippen molar-refractivity contribution in [3.8, 4) is 0 Å². The molecule has 0 aliphatic heterocycles. The van der Waals surface area contributed by atoms with Gasteiger partial charge in [0.1, 0.15) is 0 Å². The third-order valence-electron chi connectivity index (χ3n) is 1.76. The summed E-state index contributed by atoms with van der Waals surface area (Å²) in [5.41, 5.74) is 0. The third-order valence-corrected chi connectivity index (χ3v) is 2.76. The van der Waals surface area contributed by atoms with Crippen LogP contribution in [0.1, 0.15) is 26.2 Å². The second-order valence-electron chi connectivity index (χ2n) is 2.73. The molecule has 1 saturated carbocycles. The van der Waals surface area contributed by atoms with E-state index in [0.717, 1.165) is 11.2 Å². The molecule has 0 saturated heterocycles. The Morgan fingerprint density at radius 1 is 1.62 bits per heavy atom. The van der Waals surface area contributed by atoms with Crippen molar-refractivity contribution < 1.29 is 0 Å². The highest BCUT2D eigenvalue weighted by Gasteiger charge is 2.22. The fraction of sp³-hybridized carbons (Fsp3) is 1.00. The zero-order chi connectivity index (χ0) is 5.98. The maximum atomic E-state index is 2.32. The van der Waals surface area contributed by atoms with Crippen LogP contribution in [-0.2, 0) is 0 Å². The van der Waals surface area contributed by atoms with Gasteiger partial charge in [-0.3, -0.25) is 0 Å². The second-order valence-corrected chi connectivity index (χ2v) is 4.00. The topological polar surface area (TPSA) is 0 Å². The molecule has 8 heavy (non-hydrogen) atoms. The van der Waals surface area contributed by atoms with E-state index in [4.69, 9.17) is 0 Å². The van der Waals surface area contributed by atoms with Crippen molar-refractivity contribution in [1.82, 2.24) is 0 Å². The molecule has 1 fully saturated rings. The number of rotatable bonds is 3. The molecule has 1 unspecified atom stereocenters. The van der Waals surface area contributed by atoms with Crippen LogP contribution >= 0.6 is 11.8 Å². The van der Waals surface area contributed by atoms with Crippen LogP contribution in [0.3, 0.4) is 0 Å². The Hall–Kier alpha value is 0.350. The first-order chi connectivity index (χ1) is 3.83. The average molecular weight is 130 g/mol. The average Bonchev–Trinajstić information content (AvgIpc) is 2.50. The summed E-state index contributed by atoms with van der Waals surface area (Å²) in [6.45, 7) is 2.32. The molecule has 0 radical (unpaired) electrons. The second kappa shape index (κ2) is 2.77. The predicted molar refractivity (Wildman–Crippen MR) is 40.3 cm³/mol. The lowest BCUT2D eigenvalue weighted by Gasteiger charge is -2.03. The van der Waals surface area contributed by atoms with E-state index in [1.165, 1.54) is 19.3 Å². The molecule has 0 heterocycles. The first-order valence-corrected chi connectivity index (χ1v) is 4.64. The summed E-state index contributed by atoms with van der Waals surface area (Å²) >= 11 is 1.99. The van der Waals surface area contributed by atoms with Gasteiger partial charge in [-0.05, 0) is 18.6 Å². The molecular formula is C7H14S. The van der Waals surface area contributed by atoms with Crippen LogP contribution in [-0.4, -0.2) is 11.5 Å². The van der Waals surface area contributed by atoms with Gasteiger partial charge in [-0.2, -0.15) is 11.8 Å². The van der Waals surface area contributed by atoms with Crippen LogP contribution in [0.5, 0.6) is 0 Å². The summed E-state index contributed by atoms with van der Waals surface area (Å²) in [6, 6.07) is 0. The van der Waals surface area contributed by atoms with Gasteiger partial charge >= 0.3 is 0 Å². The summed E-state index contributed by atoms with van der Waals surface area (Å²) in [7, 11) is 0. The van der Waals surface area contributed by atoms with Gasteiger partial charge in [0.15, 0.2) is 0 Å². The molecule has 1 rings (SSSR count). The van der Waals surface area contributed by atoms with E-state index in [2.05, 4.69) is 13.2 Å². The highest BCUT2D eigenvalue weighted by Crippen LogP contribution is 2.35. The molecule has 0 aromatic rings. The molecule has 0 aromatic heterocycles. The van der Waals surface area contributed by atoms with E-state index in [0.29, 0.717) is 0 Å². The highest BCUT2D eigenvalue weighted by molar-refractivity contribution is 7.99. The van der Waals surface area contributed by atoms with Crippen LogP contribution in [0.25, 0.3) is 0 Å². The van der Waals surface area contributed by atoms with Gasteiger partial charge in [0.05, 0.1) is 0 Å². The summed E-state index contributed by atoms with van der Waals surface area (Å²) in [6.07, 6.45) is 6.67. The van der Waals surface area contributed by atoms with Crippen LogP contribution in [0.15, 0.2) is 0 Å². The fourth-order valence-electron chi connectivity index (χ4n) is 0.919. The van der Waals surface area contributed by atoms with Crippen LogP contribution in [0, 0.1) is 5.92 Å². The lowest BCUT2D eigenvalue weighted by atomic mass is 10.2. The van der Waals surface area contributed by atoms with Crippen LogP contribution < -0.4 is 0 Å². The normalized spacial score (nSPS) is 23.2. The minimum Gasteiger partial charge on any atom is -0.162 e. The smallest absolute Gasteiger partial charge is 0.00185 e. The van der Waals surface area contributed by atoms with Gasteiger partial charge in [-0.25, -0.2) is 0 Å². The van der Waals surface area contributed by atoms with E-state index < -0.39 is 0 Å². The van der Waals surface area contributed by atoms with Gasteiger partial charge in [0.2, 0.25) is 0 Å². The molecule has 0 aromatic carbocycles. The fourth-order valence-corrected chi connectivity index (χ4v) is 1.38. The third kappa shape index (κ3) is 2.08. The highest BCUT2D eigenvalue weighted by atomic mass is 32.2. The van der Waals surface area contributed by atoms with Crippen molar-refractivity contribution in [3.05, 3.63) is 0 Å². The molecule has 1 aliphatic rings. The largest absolute Gasteiger partial charge is 0.162 e. The van der Waals surface area contributed by atoms with E-state index in [1.54, 1.807) is 0 Å². The van der Waals surface area contributed by atoms with E-state index in [9.17, 15) is 0 Å². The van der Waals surface area contributed by atoms with Gasteiger partial charge < -0.3 is 0 Å². The van der Waals surface area contributed by atoms with E-state index in [-0.39, 0.29) is 0 Å². The molecule has 0 N–H and O–H groups in total. The van der Waals surface area contributed by atoms with Gasteiger partial charge in [0, 0.05) is 5.25 Å². The first-order valence-electron chi connectivity index (χ1n) is 3.35. The van der Waals surface area contributed by atoms with Gasteiger partial charge in [-0.1, -0.05) is 19.8 Å². The Balaban J connectivity index is 1.98. The Kier molecular flexibility index (Phi) is 2.24. The molecule has 1 heteroatoms. The summed E-state index contributed by atoms with van der Waals surface area (Å²) in [4.78, 5) is 0. The lowest BCUT2D eigenvalue weighted by Crippen LogP contribution is -1.94. The summed E-state index contributed by atoms with van der Waals surface area (Å²) in [5, 5.41) is 0.905. The van der Waals surface area contributed by atoms with Crippen LogP contribution in [0.4, 0.5) is 0 Å². The zero-order valence-electron chi connectivity index (χ0n) is 5.68. The SMILES string of the molecule is CSC(C)CC1CC1. The van der Waals surface area contributed by atoms with E-state index in [1.807, 2.05) is 11.8 Å². The Labute approximate surface area is 56.0 Å². The van der Waals surface area contributed by atoms with Crippen molar-refractivity contribution in [2.75, 3.05) is 6.26 Å². The van der Waals surface area contributed by atoms with Crippen molar-refractivity contribution in [3.63, 3.8) is 0 Å².